The lowest BCUT2D eigenvalue weighted by atomic mass is 9.92. The van der Waals surface area contributed by atoms with Gasteiger partial charge in [-0.15, -0.1) is 0 Å². The van der Waals surface area contributed by atoms with Gasteiger partial charge in [0.25, 0.3) is 0 Å². The first-order chi connectivity index (χ1) is 19.5. The van der Waals surface area contributed by atoms with E-state index in [2.05, 4.69) is 21.3 Å². The number of Topliss-reactive ketones (excluding diaryl/α,β-unsaturated/α-hetero) is 1. The number of rotatable bonds is 17. The first kappa shape index (κ1) is 36.5. The predicted molar refractivity (Wildman–Crippen MR) is 159 cm³/mol. The average molecular weight is 592 g/mol. The number of amides is 4. The van der Waals surface area contributed by atoms with E-state index in [1.807, 2.05) is 44.2 Å². The van der Waals surface area contributed by atoms with Crippen molar-refractivity contribution in [2.45, 2.75) is 104 Å². The molecule has 0 spiro atoms. The first-order valence-electron chi connectivity index (χ1n) is 14.3. The lowest BCUT2D eigenvalue weighted by Gasteiger charge is -2.28. The molecular formula is C30H49N5O7. The van der Waals surface area contributed by atoms with Crippen LogP contribution < -0.4 is 27.0 Å². The fourth-order valence-electron chi connectivity index (χ4n) is 4.13. The molecule has 7 N–H and O–H groups in total. The third-order valence-electron chi connectivity index (χ3n) is 6.32. The number of aliphatic hydroxyl groups excluding tert-OH is 1. The highest BCUT2D eigenvalue weighted by Crippen LogP contribution is 2.16. The van der Waals surface area contributed by atoms with Gasteiger partial charge in [-0.25, -0.2) is 4.79 Å². The molecule has 0 heterocycles. The summed E-state index contributed by atoms with van der Waals surface area (Å²) in [6.45, 7) is 12.2. The summed E-state index contributed by atoms with van der Waals surface area (Å²) in [7, 11) is 0. The van der Waals surface area contributed by atoms with Gasteiger partial charge in [0.2, 0.25) is 17.7 Å². The van der Waals surface area contributed by atoms with Crippen molar-refractivity contribution >= 4 is 29.6 Å². The van der Waals surface area contributed by atoms with Crippen molar-refractivity contribution in [1.82, 2.24) is 21.3 Å². The number of ether oxygens (including phenoxy) is 1. The Balaban J connectivity index is 2.73. The summed E-state index contributed by atoms with van der Waals surface area (Å²) < 4.78 is 5.18. The molecule has 0 aliphatic heterocycles. The summed E-state index contributed by atoms with van der Waals surface area (Å²) in [6.07, 6.45) is -1.71. The minimum absolute atomic E-state index is 0.0731. The molecule has 0 aliphatic carbocycles. The molecule has 0 fully saturated rings. The van der Waals surface area contributed by atoms with E-state index in [1.165, 1.54) is 0 Å². The zero-order chi connectivity index (χ0) is 32.0. The molecule has 0 bridgehead atoms. The number of carbonyl (C=O) groups is 5. The highest BCUT2D eigenvalue weighted by molar-refractivity contribution is 5.93. The van der Waals surface area contributed by atoms with Crippen molar-refractivity contribution in [3.63, 3.8) is 0 Å². The van der Waals surface area contributed by atoms with E-state index in [0.717, 1.165) is 5.56 Å². The monoisotopic (exact) mass is 591 g/mol. The Kier molecular flexibility index (Phi) is 15.2. The Morgan fingerprint density at radius 3 is 2.10 bits per heavy atom. The van der Waals surface area contributed by atoms with Crippen molar-refractivity contribution in [2.75, 3.05) is 6.54 Å². The van der Waals surface area contributed by atoms with Crippen LogP contribution in [0.5, 0.6) is 0 Å². The maximum Gasteiger partial charge on any atom is 0.408 e. The van der Waals surface area contributed by atoms with E-state index in [4.69, 9.17) is 10.5 Å². The van der Waals surface area contributed by atoms with Crippen molar-refractivity contribution in [1.29, 1.82) is 0 Å². The highest BCUT2D eigenvalue weighted by Gasteiger charge is 2.29. The number of hydrogen-bond acceptors (Lipinski definition) is 8. The van der Waals surface area contributed by atoms with Gasteiger partial charge in [-0.05, 0) is 52.0 Å². The predicted octanol–water partition coefficient (Wildman–Crippen LogP) is 1.54. The van der Waals surface area contributed by atoms with E-state index >= 15 is 0 Å². The summed E-state index contributed by atoms with van der Waals surface area (Å²) in [5.74, 6) is -2.49. The fourth-order valence-corrected chi connectivity index (χ4v) is 4.13. The lowest BCUT2D eigenvalue weighted by molar-refractivity contribution is -0.131. The number of nitrogens with two attached hydrogens (primary N) is 1. The Hall–Kier alpha value is -3.51. The number of benzene rings is 1. The van der Waals surface area contributed by atoms with Crippen LogP contribution in [0.1, 0.15) is 73.3 Å². The van der Waals surface area contributed by atoms with Crippen LogP contribution in [0.3, 0.4) is 0 Å². The van der Waals surface area contributed by atoms with Gasteiger partial charge in [0.05, 0.1) is 19.1 Å². The van der Waals surface area contributed by atoms with Crippen LogP contribution in [0.2, 0.25) is 0 Å². The molecule has 12 heteroatoms. The Morgan fingerprint density at radius 2 is 1.55 bits per heavy atom. The minimum atomic E-state index is -1.21. The SMILES string of the molecule is CC(C)C[C@H](NCC(=O)[C@H](CC(N)=O)NC(=O)OC(C)(C)C)C(O)CC(C)C(=O)NC(C)C(=O)NCc1ccccc1. The molecule has 0 aliphatic rings. The number of primary amides is 1. The third kappa shape index (κ3) is 14.9. The van der Waals surface area contributed by atoms with Crippen LogP contribution in [0, 0.1) is 11.8 Å². The number of ketones is 1. The van der Waals surface area contributed by atoms with E-state index in [-0.39, 0.29) is 30.7 Å². The van der Waals surface area contributed by atoms with Crippen LogP contribution in [0.4, 0.5) is 4.79 Å². The smallest absolute Gasteiger partial charge is 0.408 e. The van der Waals surface area contributed by atoms with Crippen molar-refractivity contribution in [2.24, 2.45) is 17.6 Å². The van der Waals surface area contributed by atoms with Crippen molar-refractivity contribution < 1.29 is 33.8 Å². The van der Waals surface area contributed by atoms with E-state index in [0.29, 0.717) is 13.0 Å². The zero-order valence-electron chi connectivity index (χ0n) is 25.9. The second-order valence-electron chi connectivity index (χ2n) is 12.1. The molecule has 3 unspecified atom stereocenters. The third-order valence-corrected chi connectivity index (χ3v) is 6.32. The second-order valence-corrected chi connectivity index (χ2v) is 12.1. The molecule has 0 aromatic heterocycles. The topological polar surface area (TPSA) is 189 Å². The summed E-state index contributed by atoms with van der Waals surface area (Å²) in [6, 6.07) is 6.85. The molecule has 1 rings (SSSR count). The van der Waals surface area contributed by atoms with Gasteiger partial charge >= 0.3 is 6.09 Å². The molecule has 0 radical (unpaired) electrons. The number of alkyl carbamates (subject to hydrolysis) is 1. The molecule has 0 saturated heterocycles. The van der Waals surface area contributed by atoms with Gasteiger partial charge in [0.1, 0.15) is 17.7 Å². The minimum Gasteiger partial charge on any atom is -0.444 e. The summed E-state index contributed by atoms with van der Waals surface area (Å²) >= 11 is 0. The lowest BCUT2D eigenvalue weighted by Crippen LogP contribution is -2.51. The molecule has 1 aromatic rings. The Labute approximate surface area is 248 Å². The van der Waals surface area contributed by atoms with Gasteiger partial charge in [0, 0.05) is 18.5 Å². The standard InChI is InChI=1S/C30H49N5O7/c1-18(2)13-22(32-17-25(37)23(15-26(31)38)35-29(41)42-30(5,6)7)24(36)14-19(3)27(39)34-20(4)28(40)33-16-21-11-9-8-10-12-21/h8-12,18-20,22-24,32,36H,13-17H2,1-7H3,(H2,31,38)(H,33,40)(H,34,39)(H,35,41)/t19?,20?,22-,23-,24?/m0/s1. The van der Waals surface area contributed by atoms with Crippen molar-refractivity contribution in [3.8, 4) is 0 Å². The maximum absolute atomic E-state index is 12.9. The van der Waals surface area contributed by atoms with Crippen LogP contribution in [-0.2, 0) is 30.5 Å². The molecule has 236 valence electrons. The van der Waals surface area contributed by atoms with Gasteiger partial charge in [-0.3, -0.25) is 19.2 Å². The molecule has 42 heavy (non-hydrogen) atoms. The highest BCUT2D eigenvalue weighted by atomic mass is 16.6. The van der Waals surface area contributed by atoms with Gasteiger partial charge < -0.3 is 36.8 Å². The van der Waals surface area contributed by atoms with Crippen LogP contribution in [-0.4, -0.2) is 71.1 Å². The quantitative estimate of drug-likeness (QED) is 0.157. The number of nitrogens with one attached hydrogen (secondary N) is 4. The molecular weight excluding hydrogens is 542 g/mol. The first-order valence-corrected chi connectivity index (χ1v) is 14.3. The van der Waals surface area contributed by atoms with Crippen LogP contribution >= 0.6 is 0 Å². The number of aliphatic hydroxyl groups is 1. The summed E-state index contributed by atoms with van der Waals surface area (Å²) in [5.41, 5.74) is 5.41. The fraction of sp³-hybridized carbons (Fsp3) is 0.633. The van der Waals surface area contributed by atoms with Gasteiger partial charge in [-0.1, -0.05) is 51.1 Å². The Bertz CT molecular complexity index is 1040. The van der Waals surface area contributed by atoms with Crippen molar-refractivity contribution in [3.05, 3.63) is 35.9 Å². The number of carbonyl (C=O) groups excluding carboxylic acids is 5. The van der Waals surface area contributed by atoms with E-state index < -0.39 is 60.0 Å². The molecule has 1 aromatic carbocycles. The average Bonchev–Trinajstić information content (AvgIpc) is 2.87. The second kappa shape index (κ2) is 17.4. The largest absolute Gasteiger partial charge is 0.444 e. The summed E-state index contributed by atoms with van der Waals surface area (Å²) in [5, 5.41) is 21.9. The van der Waals surface area contributed by atoms with Gasteiger partial charge in [0.15, 0.2) is 5.78 Å². The maximum atomic E-state index is 12.9. The summed E-state index contributed by atoms with van der Waals surface area (Å²) in [4.78, 5) is 61.9. The molecule has 12 nitrogen and oxygen atoms in total. The number of hydrogen-bond donors (Lipinski definition) is 6. The molecule has 5 atom stereocenters. The zero-order valence-corrected chi connectivity index (χ0v) is 25.9. The van der Waals surface area contributed by atoms with E-state index in [1.54, 1.807) is 34.6 Å². The van der Waals surface area contributed by atoms with Gasteiger partial charge in [-0.2, -0.15) is 0 Å². The van der Waals surface area contributed by atoms with Crippen LogP contribution in [0.25, 0.3) is 0 Å². The Morgan fingerprint density at radius 1 is 0.929 bits per heavy atom. The van der Waals surface area contributed by atoms with E-state index in [9.17, 15) is 29.1 Å². The molecule has 0 saturated carbocycles. The normalized spacial score (nSPS) is 15.1. The van der Waals surface area contributed by atoms with Crippen LogP contribution in [0.15, 0.2) is 30.3 Å². The molecule has 4 amide bonds.